The number of aromatic nitrogens is 1. The van der Waals surface area contributed by atoms with Gasteiger partial charge in [-0.2, -0.15) is 0 Å². The molecule has 0 amide bonds. The monoisotopic (exact) mass is 292 g/mol. The van der Waals surface area contributed by atoms with Gasteiger partial charge in [-0.1, -0.05) is 34.9 Å². The smallest absolute Gasteiger partial charge is 0.254 e. The highest BCUT2D eigenvalue weighted by atomic mass is 35.5. The largest absolute Gasteiger partial charge is 0.276 e. The van der Waals surface area contributed by atoms with Crippen LogP contribution in [0, 0.1) is 0 Å². The number of carbonyl (C=O) groups is 1. The van der Waals surface area contributed by atoms with Crippen LogP contribution in [-0.4, -0.2) is 10.2 Å². The SMILES string of the molecule is [N-]=[N+]=Nc1cc(-c2ccccc2Cl)ncc1C(=O)Cl. The average molecular weight is 293 g/mol. The number of carbonyl (C=O) groups excluding carboxylic acids is 1. The molecular weight excluding hydrogens is 287 g/mol. The maximum absolute atomic E-state index is 11.2. The lowest BCUT2D eigenvalue weighted by Crippen LogP contribution is -1.93. The molecule has 0 aliphatic rings. The van der Waals surface area contributed by atoms with E-state index in [9.17, 15) is 4.79 Å². The van der Waals surface area contributed by atoms with Crippen LogP contribution >= 0.6 is 23.2 Å². The van der Waals surface area contributed by atoms with E-state index in [1.807, 2.05) is 0 Å². The molecule has 0 fully saturated rings. The number of pyridine rings is 1. The van der Waals surface area contributed by atoms with Crippen molar-refractivity contribution in [2.45, 2.75) is 0 Å². The first kappa shape index (κ1) is 13.4. The molecule has 2 aromatic rings. The summed E-state index contributed by atoms with van der Waals surface area (Å²) in [6.07, 6.45) is 1.26. The van der Waals surface area contributed by atoms with E-state index in [-0.39, 0.29) is 11.3 Å². The zero-order chi connectivity index (χ0) is 13.8. The Hall–Kier alpha value is -2.07. The summed E-state index contributed by atoms with van der Waals surface area (Å²) in [6, 6.07) is 8.54. The molecular formula is C12H6Cl2N4O. The van der Waals surface area contributed by atoms with Gasteiger partial charge in [-0.15, -0.1) is 0 Å². The summed E-state index contributed by atoms with van der Waals surface area (Å²) >= 11 is 11.4. The molecule has 0 N–H and O–H groups in total. The Morgan fingerprint density at radius 2 is 2.11 bits per heavy atom. The summed E-state index contributed by atoms with van der Waals surface area (Å²) in [5.74, 6) is 0. The van der Waals surface area contributed by atoms with Gasteiger partial charge in [-0.05, 0) is 29.3 Å². The standard InChI is InChI=1S/C12H6Cl2N4O/c13-9-4-2-1-3-7(9)10-5-11(17-18-15)8(6-16-10)12(14)19/h1-6H. The van der Waals surface area contributed by atoms with E-state index < -0.39 is 5.24 Å². The summed E-state index contributed by atoms with van der Waals surface area (Å²) in [4.78, 5) is 17.9. The Balaban J connectivity index is 2.62. The lowest BCUT2D eigenvalue weighted by molar-refractivity contribution is 0.108. The first-order chi connectivity index (χ1) is 9.13. The quantitative estimate of drug-likeness (QED) is 0.355. The third kappa shape index (κ3) is 2.85. The molecule has 0 bridgehead atoms. The van der Waals surface area contributed by atoms with E-state index in [4.69, 9.17) is 28.7 Å². The fourth-order valence-electron chi connectivity index (χ4n) is 1.54. The Kier molecular flexibility index (Phi) is 4.02. The van der Waals surface area contributed by atoms with Crippen LogP contribution < -0.4 is 0 Å². The number of nitrogens with zero attached hydrogens (tertiary/aromatic N) is 4. The van der Waals surface area contributed by atoms with Gasteiger partial charge in [0, 0.05) is 21.7 Å². The summed E-state index contributed by atoms with van der Waals surface area (Å²) in [5, 5.41) is 3.21. The Morgan fingerprint density at radius 3 is 2.74 bits per heavy atom. The second-order valence-electron chi connectivity index (χ2n) is 3.53. The molecule has 0 aliphatic carbocycles. The van der Waals surface area contributed by atoms with E-state index in [1.54, 1.807) is 24.3 Å². The van der Waals surface area contributed by atoms with Gasteiger partial charge >= 0.3 is 0 Å². The number of rotatable bonds is 3. The van der Waals surface area contributed by atoms with Gasteiger partial charge in [0.1, 0.15) is 0 Å². The van der Waals surface area contributed by atoms with Gasteiger partial charge in [0.15, 0.2) is 0 Å². The molecule has 2 rings (SSSR count). The van der Waals surface area contributed by atoms with E-state index in [0.717, 1.165) is 0 Å². The van der Waals surface area contributed by atoms with Gasteiger partial charge in [-0.25, -0.2) is 0 Å². The molecule has 5 nitrogen and oxygen atoms in total. The summed E-state index contributed by atoms with van der Waals surface area (Å²) in [5.41, 5.74) is 9.84. The highest BCUT2D eigenvalue weighted by Crippen LogP contribution is 2.30. The highest BCUT2D eigenvalue weighted by Gasteiger charge is 2.12. The average Bonchev–Trinajstić information content (AvgIpc) is 2.39. The lowest BCUT2D eigenvalue weighted by Gasteiger charge is -2.06. The first-order valence-corrected chi connectivity index (χ1v) is 5.89. The van der Waals surface area contributed by atoms with Crippen molar-refractivity contribution < 1.29 is 4.79 Å². The third-order valence-electron chi connectivity index (χ3n) is 2.40. The maximum atomic E-state index is 11.2. The van der Waals surface area contributed by atoms with Crippen LogP contribution in [0.25, 0.3) is 21.7 Å². The molecule has 1 aromatic heterocycles. The minimum Gasteiger partial charge on any atom is -0.276 e. The molecule has 0 aliphatic heterocycles. The van der Waals surface area contributed by atoms with Crippen LogP contribution in [0.2, 0.25) is 5.02 Å². The molecule has 0 atom stereocenters. The predicted octanol–water partition coefficient (Wildman–Crippen LogP) is 4.72. The summed E-state index contributed by atoms with van der Waals surface area (Å²) in [7, 11) is 0. The maximum Gasteiger partial charge on any atom is 0.254 e. The van der Waals surface area contributed by atoms with Crippen molar-refractivity contribution in [3.63, 3.8) is 0 Å². The molecule has 0 saturated heterocycles. The van der Waals surface area contributed by atoms with Crippen molar-refractivity contribution in [2.75, 3.05) is 0 Å². The van der Waals surface area contributed by atoms with Crippen LogP contribution in [0.1, 0.15) is 10.4 Å². The van der Waals surface area contributed by atoms with E-state index in [0.29, 0.717) is 16.3 Å². The number of benzene rings is 1. The van der Waals surface area contributed by atoms with Crippen molar-refractivity contribution >= 4 is 34.1 Å². The molecule has 94 valence electrons. The molecule has 0 unspecified atom stereocenters. The summed E-state index contributed by atoms with van der Waals surface area (Å²) < 4.78 is 0. The second kappa shape index (κ2) is 5.71. The predicted molar refractivity (Wildman–Crippen MR) is 73.7 cm³/mol. The Labute approximate surface area is 118 Å². The number of halogens is 2. The van der Waals surface area contributed by atoms with Crippen molar-refractivity contribution in [3.8, 4) is 11.3 Å². The Bertz CT molecular complexity index is 696. The van der Waals surface area contributed by atoms with Crippen molar-refractivity contribution in [3.05, 3.63) is 57.6 Å². The minimum atomic E-state index is -0.736. The van der Waals surface area contributed by atoms with E-state index in [2.05, 4.69) is 15.0 Å². The van der Waals surface area contributed by atoms with Crippen LogP contribution in [0.4, 0.5) is 5.69 Å². The zero-order valence-electron chi connectivity index (χ0n) is 9.42. The van der Waals surface area contributed by atoms with Gasteiger partial charge in [0.2, 0.25) is 0 Å². The van der Waals surface area contributed by atoms with Gasteiger partial charge in [0.25, 0.3) is 5.24 Å². The van der Waals surface area contributed by atoms with E-state index >= 15 is 0 Å². The van der Waals surface area contributed by atoms with E-state index in [1.165, 1.54) is 12.3 Å². The molecule has 0 saturated carbocycles. The van der Waals surface area contributed by atoms with Crippen molar-refractivity contribution in [1.29, 1.82) is 0 Å². The topological polar surface area (TPSA) is 78.7 Å². The number of hydrogen-bond donors (Lipinski definition) is 0. The molecule has 0 radical (unpaired) electrons. The molecule has 1 heterocycles. The normalized spacial score (nSPS) is 9.79. The molecule has 19 heavy (non-hydrogen) atoms. The molecule has 7 heteroatoms. The van der Waals surface area contributed by atoms with Gasteiger partial charge < -0.3 is 0 Å². The Morgan fingerprint density at radius 1 is 1.37 bits per heavy atom. The third-order valence-corrected chi connectivity index (χ3v) is 2.93. The zero-order valence-corrected chi connectivity index (χ0v) is 10.9. The fourth-order valence-corrected chi connectivity index (χ4v) is 1.92. The van der Waals surface area contributed by atoms with Crippen LogP contribution in [0.5, 0.6) is 0 Å². The number of hydrogen-bond acceptors (Lipinski definition) is 3. The van der Waals surface area contributed by atoms with Crippen LogP contribution in [0.15, 0.2) is 41.6 Å². The minimum absolute atomic E-state index is 0.0512. The molecule has 0 spiro atoms. The summed E-state index contributed by atoms with van der Waals surface area (Å²) in [6.45, 7) is 0. The van der Waals surface area contributed by atoms with Crippen LogP contribution in [0.3, 0.4) is 0 Å². The van der Waals surface area contributed by atoms with Crippen molar-refractivity contribution in [1.82, 2.24) is 4.98 Å². The fraction of sp³-hybridized carbons (Fsp3) is 0. The van der Waals surface area contributed by atoms with Crippen LogP contribution in [-0.2, 0) is 0 Å². The second-order valence-corrected chi connectivity index (χ2v) is 4.28. The van der Waals surface area contributed by atoms with Crippen molar-refractivity contribution in [2.24, 2.45) is 5.11 Å². The van der Waals surface area contributed by atoms with Gasteiger partial charge in [0.05, 0.1) is 16.9 Å². The highest BCUT2D eigenvalue weighted by molar-refractivity contribution is 6.68. The van der Waals surface area contributed by atoms with Gasteiger partial charge in [-0.3, -0.25) is 9.78 Å². The number of azide groups is 1. The first-order valence-electron chi connectivity index (χ1n) is 5.13. The molecule has 1 aromatic carbocycles. The lowest BCUT2D eigenvalue weighted by atomic mass is 10.1.